The van der Waals surface area contributed by atoms with E-state index in [1.165, 1.54) is 16.2 Å². The molecule has 1 aromatic carbocycles. The van der Waals surface area contributed by atoms with Crippen molar-refractivity contribution in [3.05, 3.63) is 24.3 Å². The van der Waals surface area contributed by atoms with Crippen LogP contribution in [-0.4, -0.2) is 34.8 Å². The number of carbonyl (C=O) groups is 2. The third kappa shape index (κ3) is 5.70. The molecule has 0 aliphatic heterocycles. The Balaban J connectivity index is 2.31. The number of para-hydroxylation sites is 1. The first-order chi connectivity index (χ1) is 11.4. The number of benzene rings is 1. The van der Waals surface area contributed by atoms with E-state index in [4.69, 9.17) is 9.47 Å². The molecule has 1 amide bonds. The second-order valence-corrected chi connectivity index (χ2v) is 8.63. The quantitative estimate of drug-likeness (QED) is 0.756. The lowest BCUT2D eigenvalue weighted by atomic mass is 10.2. The molecule has 0 saturated carbocycles. The Labute approximate surface area is 151 Å². The minimum atomic E-state index is -0.681. The van der Waals surface area contributed by atoms with E-state index in [0.717, 1.165) is 10.2 Å². The monoisotopic (exact) mass is 364 g/mol. The average Bonchev–Trinajstić information content (AvgIpc) is 2.84. The molecule has 25 heavy (non-hydrogen) atoms. The Morgan fingerprint density at radius 1 is 1.04 bits per heavy atom. The Morgan fingerprint density at radius 2 is 1.64 bits per heavy atom. The van der Waals surface area contributed by atoms with Gasteiger partial charge in [0.1, 0.15) is 17.7 Å². The van der Waals surface area contributed by atoms with Crippen molar-refractivity contribution in [2.24, 2.45) is 0 Å². The largest absolute Gasteiger partial charge is 0.459 e. The van der Waals surface area contributed by atoms with Gasteiger partial charge in [0.15, 0.2) is 5.13 Å². The molecule has 7 heteroatoms. The molecule has 2 aromatic rings. The van der Waals surface area contributed by atoms with Crippen LogP contribution >= 0.6 is 11.3 Å². The maximum atomic E-state index is 12.6. The van der Waals surface area contributed by atoms with Crippen molar-refractivity contribution in [1.82, 2.24) is 4.98 Å². The van der Waals surface area contributed by atoms with Crippen LogP contribution in [0.1, 0.15) is 41.5 Å². The predicted octanol–water partition coefficient (Wildman–Crippen LogP) is 4.38. The molecule has 0 spiro atoms. The molecule has 0 bridgehead atoms. The highest BCUT2D eigenvalue weighted by molar-refractivity contribution is 7.22. The number of nitrogens with zero attached hydrogens (tertiary/aromatic N) is 2. The molecule has 0 unspecified atom stereocenters. The molecule has 136 valence electrons. The van der Waals surface area contributed by atoms with Crippen LogP contribution in [0.3, 0.4) is 0 Å². The summed E-state index contributed by atoms with van der Waals surface area (Å²) in [6, 6.07) is 7.54. The summed E-state index contributed by atoms with van der Waals surface area (Å²) in [5.74, 6) is -0.516. The Morgan fingerprint density at radius 3 is 2.20 bits per heavy atom. The zero-order valence-electron chi connectivity index (χ0n) is 15.5. The second-order valence-electron chi connectivity index (χ2n) is 7.62. The number of anilines is 1. The normalized spacial score (nSPS) is 12.1. The first-order valence-corrected chi connectivity index (χ1v) is 8.84. The summed E-state index contributed by atoms with van der Waals surface area (Å²) in [6.45, 7) is 10.4. The first kappa shape index (κ1) is 19.2. The highest BCUT2D eigenvalue weighted by Gasteiger charge is 2.29. The van der Waals surface area contributed by atoms with Crippen LogP contribution in [0.15, 0.2) is 24.3 Å². The lowest BCUT2D eigenvalue weighted by molar-refractivity contribution is -0.153. The molecule has 1 heterocycles. The van der Waals surface area contributed by atoms with E-state index in [1.54, 1.807) is 41.5 Å². The molecule has 0 saturated heterocycles. The second kappa shape index (κ2) is 7.00. The van der Waals surface area contributed by atoms with Crippen LogP contribution in [0.25, 0.3) is 10.2 Å². The zero-order chi connectivity index (χ0) is 18.8. The number of fused-ring (bicyclic) bond motifs is 1. The Bertz CT molecular complexity index is 738. The molecule has 0 N–H and O–H groups in total. The summed E-state index contributed by atoms with van der Waals surface area (Å²) >= 11 is 1.33. The van der Waals surface area contributed by atoms with Gasteiger partial charge in [-0.05, 0) is 53.7 Å². The predicted molar refractivity (Wildman–Crippen MR) is 99.0 cm³/mol. The van der Waals surface area contributed by atoms with Crippen molar-refractivity contribution in [2.75, 3.05) is 11.4 Å². The van der Waals surface area contributed by atoms with Gasteiger partial charge in [-0.2, -0.15) is 0 Å². The van der Waals surface area contributed by atoms with Crippen LogP contribution in [0.5, 0.6) is 0 Å². The lowest BCUT2D eigenvalue weighted by Gasteiger charge is -2.26. The van der Waals surface area contributed by atoms with Crippen LogP contribution in [0, 0.1) is 0 Å². The Kier molecular flexibility index (Phi) is 5.37. The highest BCUT2D eigenvalue weighted by Crippen LogP contribution is 2.29. The molecule has 0 fully saturated rings. The van der Waals surface area contributed by atoms with Crippen LogP contribution in [-0.2, 0) is 14.3 Å². The summed E-state index contributed by atoms with van der Waals surface area (Å²) in [7, 11) is 0. The van der Waals surface area contributed by atoms with Crippen LogP contribution in [0.4, 0.5) is 9.93 Å². The lowest BCUT2D eigenvalue weighted by Crippen LogP contribution is -2.41. The van der Waals surface area contributed by atoms with E-state index in [-0.39, 0.29) is 6.54 Å². The molecule has 6 nitrogen and oxygen atoms in total. The van der Waals surface area contributed by atoms with Crippen molar-refractivity contribution < 1.29 is 19.1 Å². The van der Waals surface area contributed by atoms with Gasteiger partial charge < -0.3 is 9.47 Å². The summed E-state index contributed by atoms with van der Waals surface area (Å²) in [5.41, 5.74) is -0.551. The summed E-state index contributed by atoms with van der Waals surface area (Å²) in [5, 5.41) is 0.404. The van der Waals surface area contributed by atoms with Gasteiger partial charge >= 0.3 is 12.1 Å². The fourth-order valence-corrected chi connectivity index (χ4v) is 2.96. The summed E-state index contributed by atoms with van der Waals surface area (Å²) in [6.07, 6.45) is -0.627. The van der Waals surface area contributed by atoms with Gasteiger partial charge in [-0.1, -0.05) is 23.5 Å². The van der Waals surface area contributed by atoms with Crippen molar-refractivity contribution >= 4 is 38.7 Å². The number of amides is 1. The molecule has 0 radical (unpaired) electrons. The maximum absolute atomic E-state index is 12.6. The van der Waals surface area contributed by atoms with Gasteiger partial charge in [0.05, 0.1) is 10.2 Å². The molecule has 0 aliphatic rings. The maximum Gasteiger partial charge on any atom is 0.417 e. The fourth-order valence-electron chi connectivity index (χ4n) is 2.01. The number of hydrogen-bond acceptors (Lipinski definition) is 6. The van der Waals surface area contributed by atoms with Crippen molar-refractivity contribution in [3.63, 3.8) is 0 Å². The molecule has 1 aromatic heterocycles. The van der Waals surface area contributed by atoms with E-state index in [1.807, 2.05) is 24.3 Å². The van der Waals surface area contributed by atoms with Crippen molar-refractivity contribution in [2.45, 2.75) is 52.7 Å². The smallest absolute Gasteiger partial charge is 0.417 e. The molecule has 0 atom stereocenters. The number of ether oxygens (including phenoxy) is 2. The molecular weight excluding hydrogens is 340 g/mol. The number of thiazole rings is 1. The first-order valence-electron chi connectivity index (χ1n) is 8.02. The van der Waals surface area contributed by atoms with Gasteiger partial charge in [-0.3, -0.25) is 4.79 Å². The van der Waals surface area contributed by atoms with Crippen molar-refractivity contribution in [1.29, 1.82) is 0 Å². The van der Waals surface area contributed by atoms with Crippen LogP contribution < -0.4 is 4.90 Å². The van der Waals surface area contributed by atoms with E-state index in [0.29, 0.717) is 5.13 Å². The molecular formula is C18H24N2O4S. The SMILES string of the molecule is CC(C)(C)OC(=O)CN(C(=O)OC(C)(C)C)c1nc2ccccc2s1. The minimum absolute atomic E-state index is 0.258. The topological polar surface area (TPSA) is 68.7 Å². The molecule has 2 rings (SSSR count). The highest BCUT2D eigenvalue weighted by atomic mass is 32.1. The standard InChI is InChI=1S/C18H24N2O4S/c1-17(2,3)23-14(21)11-20(16(22)24-18(4,5)6)15-19-12-9-7-8-10-13(12)25-15/h7-10H,11H2,1-6H3. The van der Waals surface area contributed by atoms with E-state index < -0.39 is 23.3 Å². The van der Waals surface area contributed by atoms with Gasteiger partial charge in [-0.15, -0.1) is 0 Å². The van der Waals surface area contributed by atoms with E-state index >= 15 is 0 Å². The molecule has 0 aliphatic carbocycles. The number of aromatic nitrogens is 1. The Hall–Kier alpha value is -2.15. The summed E-state index contributed by atoms with van der Waals surface area (Å²) in [4.78, 5) is 30.5. The van der Waals surface area contributed by atoms with Gasteiger partial charge in [0.2, 0.25) is 0 Å². The third-order valence-corrected chi connectivity index (χ3v) is 3.89. The number of rotatable bonds is 3. The number of carbonyl (C=O) groups excluding carboxylic acids is 2. The average molecular weight is 364 g/mol. The van der Waals surface area contributed by atoms with Crippen molar-refractivity contribution in [3.8, 4) is 0 Å². The van der Waals surface area contributed by atoms with Crippen LogP contribution in [0.2, 0.25) is 0 Å². The van der Waals surface area contributed by atoms with E-state index in [2.05, 4.69) is 4.98 Å². The minimum Gasteiger partial charge on any atom is -0.459 e. The summed E-state index contributed by atoms with van der Waals surface area (Å²) < 4.78 is 11.7. The zero-order valence-corrected chi connectivity index (χ0v) is 16.3. The number of esters is 1. The number of hydrogen-bond donors (Lipinski definition) is 0. The third-order valence-electron chi connectivity index (χ3n) is 2.83. The van der Waals surface area contributed by atoms with Gasteiger partial charge in [0, 0.05) is 0 Å². The fraction of sp³-hybridized carbons (Fsp3) is 0.500. The van der Waals surface area contributed by atoms with E-state index in [9.17, 15) is 9.59 Å². The van der Waals surface area contributed by atoms with Gasteiger partial charge in [0.25, 0.3) is 0 Å². The van der Waals surface area contributed by atoms with Gasteiger partial charge in [-0.25, -0.2) is 14.7 Å².